The fourth-order valence-electron chi connectivity index (χ4n) is 2.77. The molecule has 1 aliphatic heterocycles. The molecule has 1 aromatic carbocycles. The van der Waals surface area contributed by atoms with Crippen LogP contribution in [0.2, 0.25) is 0 Å². The van der Waals surface area contributed by atoms with Gasteiger partial charge in [-0.15, -0.1) is 12.4 Å². The Morgan fingerprint density at radius 3 is 2.68 bits per heavy atom. The van der Waals surface area contributed by atoms with Crippen molar-refractivity contribution < 1.29 is 8.42 Å². The van der Waals surface area contributed by atoms with Crippen LogP contribution >= 0.6 is 12.4 Å². The molecule has 1 aromatic rings. The number of nitrogens with two attached hydrogens (primary N) is 1. The molecule has 122 valence electrons. The fraction of sp³-hybridized carbons (Fsp3) is 0.533. The van der Waals surface area contributed by atoms with E-state index in [1.54, 1.807) is 19.1 Å². The lowest BCUT2D eigenvalue weighted by Gasteiger charge is -2.34. The highest BCUT2D eigenvalue weighted by Gasteiger charge is 2.32. The van der Waals surface area contributed by atoms with Gasteiger partial charge in [0, 0.05) is 19.1 Å². The second kappa shape index (κ2) is 7.42. The van der Waals surface area contributed by atoms with Crippen molar-refractivity contribution in [2.45, 2.75) is 37.6 Å². The van der Waals surface area contributed by atoms with Crippen LogP contribution in [0.5, 0.6) is 0 Å². The van der Waals surface area contributed by atoms with Gasteiger partial charge in [-0.1, -0.05) is 0 Å². The third-order valence-corrected chi connectivity index (χ3v) is 6.11. The van der Waals surface area contributed by atoms with E-state index in [0.29, 0.717) is 24.2 Å². The molecular formula is C15H22ClN3O2S. The number of nitrogens with zero attached hydrogens (tertiary/aromatic N) is 2. The van der Waals surface area contributed by atoms with Crippen LogP contribution in [0.25, 0.3) is 0 Å². The molecule has 5 nitrogen and oxygen atoms in total. The molecule has 0 aliphatic carbocycles. The van der Waals surface area contributed by atoms with Crippen molar-refractivity contribution in [3.05, 3.63) is 29.3 Å². The number of rotatable bonds is 3. The Bertz CT molecular complexity index is 668. The molecule has 0 bridgehead atoms. The SMILES string of the molecule is Cc1cc(C#N)ccc1S(=O)(=O)N1CCCC(C(C)N)C1.Cl. The van der Waals surface area contributed by atoms with Gasteiger partial charge in [0.1, 0.15) is 0 Å². The minimum atomic E-state index is -3.52. The summed E-state index contributed by atoms with van der Waals surface area (Å²) in [5.41, 5.74) is 7.00. The number of halogens is 1. The summed E-state index contributed by atoms with van der Waals surface area (Å²) in [6.45, 7) is 4.65. The Labute approximate surface area is 138 Å². The molecule has 1 saturated heterocycles. The van der Waals surface area contributed by atoms with Crippen LogP contribution < -0.4 is 5.73 Å². The molecule has 2 rings (SSSR count). The number of aryl methyl sites for hydroxylation is 1. The molecular weight excluding hydrogens is 322 g/mol. The predicted molar refractivity (Wildman–Crippen MR) is 88.3 cm³/mol. The zero-order valence-electron chi connectivity index (χ0n) is 12.8. The largest absolute Gasteiger partial charge is 0.328 e. The number of piperidine rings is 1. The van der Waals surface area contributed by atoms with Crippen molar-refractivity contribution in [1.29, 1.82) is 5.26 Å². The summed E-state index contributed by atoms with van der Waals surface area (Å²) >= 11 is 0. The highest BCUT2D eigenvalue weighted by atomic mass is 35.5. The Hall–Kier alpha value is -1.13. The number of hydrogen-bond donors (Lipinski definition) is 1. The number of nitriles is 1. The first-order chi connectivity index (χ1) is 9.86. The molecule has 1 aliphatic rings. The van der Waals surface area contributed by atoms with Crippen molar-refractivity contribution in [2.24, 2.45) is 11.7 Å². The molecule has 2 atom stereocenters. The van der Waals surface area contributed by atoms with E-state index in [1.165, 1.54) is 10.4 Å². The van der Waals surface area contributed by atoms with Crippen molar-refractivity contribution in [3.8, 4) is 6.07 Å². The molecule has 7 heteroatoms. The van der Waals surface area contributed by atoms with Gasteiger partial charge < -0.3 is 5.73 Å². The summed E-state index contributed by atoms with van der Waals surface area (Å²) in [5, 5.41) is 8.88. The van der Waals surface area contributed by atoms with E-state index in [4.69, 9.17) is 11.0 Å². The summed E-state index contributed by atoms with van der Waals surface area (Å²) in [4.78, 5) is 0.284. The average molecular weight is 344 g/mol. The van der Waals surface area contributed by atoms with Crippen molar-refractivity contribution >= 4 is 22.4 Å². The Morgan fingerprint density at radius 1 is 1.45 bits per heavy atom. The highest BCUT2D eigenvalue weighted by Crippen LogP contribution is 2.27. The van der Waals surface area contributed by atoms with Gasteiger partial charge >= 0.3 is 0 Å². The van der Waals surface area contributed by atoms with Crippen LogP contribution in [-0.2, 0) is 10.0 Å². The lowest BCUT2D eigenvalue weighted by atomic mass is 9.93. The highest BCUT2D eigenvalue weighted by molar-refractivity contribution is 7.89. The van der Waals surface area contributed by atoms with E-state index in [2.05, 4.69) is 0 Å². The maximum Gasteiger partial charge on any atom is 0.243 e. The number of sulfonamides is 1. The summed E-state index contributed by atoms with van der Waals surface area (Å²) in [5.74, 6) is 0.201. The van der Waals surface area contributed by atoms with Gasteiger partial charge in [-0.2, -0.15) is 9.57 Å². The van der Waals surface area contributed by atoms with Crippen molar-refractivity contribution in [2.75, 3.05) is 13.1 Å². The van der Waals surface area contributed by atoms with Crippen LogP contribution in [0, 0.1) is 24.2 Å². The van der Waals surface area contributed by atoms with Gasteiger partial charge in [0.15, 0.2) is 0 Å². The van der Waals surface area contributed by atoms with Crippen LogP contribution in [0.4, 0.5) is 0 Å². The van der Waals surface area contributed by atoms with Gasteiger partial charge in [0.2, 0.25) is 10.0 Å². The molecule has 1 heterocycles. The van der Waals surface area contributed by atoms with Gasteiger partial charge in [0.05, 0.1) is 16.5 Å². The lowest BCUT2D eigenvalue weighted by Crippen LogP contribution is -2.45. The molecule has 22 heavy (non-hydrogen) atoms. The standard InChI is InChI=1S/C15H21N3O2S.ClH/c1-11-8-13(9-16)5-6-15(11)21(19,20)18-7-3-4-14(10-18)12(2)17;/h5-6,8,12,14H,3-4,7,10,17H2,1-2H3;1H. The molecule has 0 aromatic heterocycles. The first kappa shape index (κ1) is 18.9. The summed E-state index contributed by atoms with van der Waals surface area (Å²) < 4.78 is 27.1. The topological polar surface area (TPSA) is 87.2 Å². The molecule has 1 fully saturated rings. The summed E-state index contributed by atoms with van der Waals surface area (Å²) in [7, 11) is -3.52. The monoisotopic (exact) mass is 343 g/mol. The Balaban J connectivity index is 0.00000242. The molecule has 0 radical (unpaired) electrons. The van der Waals surface area contributed by atoms with Crippen LogP contribution in [0.3, 0.4) is 0 Å². The van der Waals surface area contributed by atoms with Gasteiger partial charge in [-0.3, -0.25) is 0 Å². The normalized spacial score (nSPS) is 20.7. The molecule has 0 amide bonds. The van der Waals surface area contributed by atoms with E-state index >= 15 is 0 Å². The number of hydrogen-bond acceptors (Lipinski definition) is 4. The Kier molecular flexibility index (Phi) is 6.38. The van der Waals surface area contributed by atoms with Crippen molar-refractivity contribution in [1.82, 2.24) is 4.31 Å². The first-order valence-corrected chi connectivity index (χ1v) is 8.56. The van der Waals surface area contributed by atoms with Gasteiger partial charge in [-0.05, 0) is 56.4 Å². The molecule has 2 unspecified atom stereocenters. The number of benzene rings is 1. The van der Waals surface area contributed by atoms with E-state index in [9.17, 15) is 8.42 Å². The zero-order valence-corrected chi connectivity index (χ0v) is 14.5. The second-order valence-electron chi connectivity index (χ2n) is 5.72. The quantitative estimate of drug-likeness (QED) is 0.909. The van der Waals surface area contributed by atoms with Gasteiger partial charge in [-0.25, -0.2) is 8.42 Å². The Morgan fingerprint density at radius 2 is 2.14 bits per heavy atom. The van der Waals surface area contributed by atoms with E-state index < -0.39 is 10.0 Å². The molecule has 0 saturated carbocycles. The third kappa shape index (κ3) is 3.79. The zero-order chi connectivity index (χ0) is 15.6. The van der Waals surface area contributed by atoms with Crippen LogP contribution in [0.1, 0.15) is 30.9 Å². The summed E-state index contributed by atoms with van der Waals surface area (Å²) in [6, 6.07) is 6.70. The molecule has 2 N–H and O–H groups in total. The first-order valence-electron chi connectivity index (χ1n) is 7.12. The minimum absolute atomic E-state index is 0. The van der Waals surface area contributed by atoms with Crippen LogP contribution in [0.15, 0.2) is 23.1 Å². The third-order valence-electron chi connectivity index (χ3n) is 4.09. The van der Waals surface area contributed by atoms with E-state index in [1.807, 2.05) is 13.0 Å². The molecule has 0 spiro atoms. The lowest BCUT2D eigenvalue weighted by molar-refractivity contribution is 0.243. The second-order valence-corrected chi connectivity index (χ2v) is 7.62. The summed E-state index contributed by atoms with van der Waals surface area (Å²) in [6.07, 6.45) is 1.80. The smallest absolute Gasteiger partial charge is 0.243 e. The van der Waals surface area contributed by atoms with E-state index in [0.717, 1.165) is 12.8 Å². The fourth-order valence-corrected chi connectivity index (χ4v) is 4.51. The van der Waals surface area contributed by atoms with Crippen molar-refractivity contribution in [3.63, 3.8) is 0 Å². The average Bonchev–Trinajstić information content (AvgIpc) is 2.46. The predicted octanol–water partition coefficient (Wildman–Crippen LogP) is 2.04. The van der Waals surface area contributed by atoms with Gasteiger partial charge in [0.25, 0.3) is 0 Å². The van der Waals surface area contributed by atoms with E-state index in [-0.39, 0.29) is 29.3 Å². The maximum absolute atomic E-state index is 12.8. The van der Waals surface area contributed by atoms with Crippen LogP contribution in [-0.4, -0.2) is 31.9 Å². The minimum Gasteiger partial charge on any atom is -0.328 e. The maximum atomic E-state index is 12.8.